The monoisotopic (exact) mass is 375 g/mol. The second-order valence-corrected chi connectivity index (χ2v) is 6.29. The van der Waals surface area contributed by atoms with Crippen molar-refractivity contribution in [1.82, 2.24) is 15.0 Å². The average Bonchev–Trinajstić information content (AvgIpc) is 3.13. The van der Waals surface area contributed by atoms with Gasteiger partial charge in [-0.15, -0.1) is 0 Å². The summed E-state index contributed by atoms with van der Waals surface area (Å²) in [5.74, 6) is -0.250. The number of nitrogens with zero attached hydrogens (tertiary/aromatic N) is 2. The molecular formula is C21H18FN5O. The summed E-state index contributed by atoms with van der Waals surface area (Å²) >= 11 is 0. The van der Waals surface area contributed by atoms with Crippen molar-refractivity contribution < 1.29 is 9.18 Å². The fourth-order valence-electron chi connectivity index (χ4n) is 2.92. The second-order valence-electron chi connectivity index (χ2n) is 6.29. The van der Waals surface area contributed by atoms with Gasteiger partial charge in [-0.3, -0.25) is 4.79 Å². The van der Waals surface area contributed by atoms with E-state index in [4.69, 9.17) is 0 Å². The molecule has 4 rings (SSSR count). The van der Waals surface area contributed by atoms with Crippen molar-refractivity contribution in [2.45, 2.75) is 6.42 Å². The fraction of sp³-hybridized carbons (Fsp3) is 0.0952. The van der Waals surface area contributed by atoms with Gasteiger partial charge in [0.2, 0.25) is 5.95 Å². The van der Waals surface area contributed by atoms with E-state index in [1.807, 2.05) is 24.4 Å². The van der Waals surface area contributed by atoms with E-state index >= 15 is 0 Å². The molecule has 1 amide bonds. The van der Waals surface area contributed by atoms with Gasteiger partial charge in [-0.05, 0) is 42.3 Å². The van der Waals surface area contributed by atoms with Crippen LogP contribution in [0.4, 0.5) is 16.0 Å². The van der Waals surface area contributed by atoms with Crippen LogP contribution in [0, 0.1) is 5.82 Å². The van der Waals surface area contributed by atoms with Crippen LogP contribution in [0.25, 0.3) is 10.9 Å². The number of H-pyrrole nitrogens is 1. The van der Waals surface area contributed by atoms with Crippen LogP contribution < -0.4 is 10.6 Å². The van der Waals surface area contributed by atoms with E-state index in [2.05, 4.69) is 31.7 Å². The maximum Gasteiger partial charge on any atom is 0.258 e. The van der Waals surface area contributed by atoms with Crippen LogP contribution in [0.5, 0.6) is 0 Å². The number of carbonyl (C=O) groups excluding carboxylic acids is 1. The molecule has 0 spiro atoms. The lowest BCUT2D eigenvalue weighted by molar-refractivity contribution is 0.102. The van der Waals surface area contributed by atoms with Crippen molar-refractivity contribution in [2.24, 2.45) is 0 Å². The van der Waals surface area contributed by atoms with E-state index in [9.17, 15) is 9.18 Å². The molecule has 0 aliphatic rings. The van der Waals surface area contributed by atoms with E-state index in [0.717, 1.165) is 11.9 Å². The van der Waals surface area contributed by atoms with E-state index in [0.29, 0.717) is 23.7 Å². The van der Waals surface area contributed by atoms with Crippen molar-refractivity contribution in [3.05, 3.63) is 84.1 Å². The minimum absolute atomic E-state index is 0.325. The third-order valence-corrected chi connectivity index (χ3v) is 4.37. The van der Waals surface area contributed by atoms with Gasteiger partial charge >= 0.3 is 0 Å². The van der Waals surface area contributed by atoms with Crippen LogP contribution in [-0.4, -0.2) is 27.4 Å². The average molecular weight is 375 g/mol. The molecule has 0 saturated carbocycles. The van der Waals surface area contributed by atoms with Crippen molar-refractivity contribution in [2.75, 3.05) is 17.2 Å². The van der Waals surface area contributed by atoms with Crippen LogP contribution in [0.15, 0.2) is 67.1 Å². The number of hydrogen-bond acceptors (Lipinski definition) is 4. The van der Waals surface area contributed by atoms with Crippen LogP contribution in [0.1, 0.15) is 15.9 Å². The molecule has 0 radical (unpaired) electrons. The molecule has 0 atom stereocenters. The van der Waals surface area contributed by atoms with E-state index < -0.39 is 0 Å². The van der Waals surface area contributed by atoms with Crippen molar-refractivity contribution in [3.63, 3.8) is 0 Å². The standard InChI is InChI=1S/C21H18FN5O/c22-16-5-7-17(8-6-16)27-20(28)15-12-25-21(26-13-15)23-10-9-14-11-24-19-4-2-1-3-18(14)19/h1-8,11-13,24H,9-10H2,(H,27,28)(H,23,25,26). The molecule has 4 aromatic rings. The van der Waals surface area contributed by atoms with Gasteiger partial charge in [0.25, 0.3) is 5.91 Å². The number of benzene rings is 2. The predicted octanol–water partition coefficient (Wildman–Crippen LogP) is 4.00. The van der Waals surface area contributed by atoms with Gasteiger partial charge in [-0.1, -0.05) is 18.2 Å². The summed E-state index contributed by atoms with van der Waals surface area (Å²) in [6, 6.07) is 13.7. The smallest absolute Gasteiger partial charge is 0.258 e. The molecule has 3 N–H and O–H groups in total. The Labute approximate surface area is 160 Å². The first-order valence-electron chi connectivity index (χ1n) is 8.87. The number of para-hydroxylation sites is 1. The number of carbonyl (C=O) groups is 1. The van der Waals surface area contributed by atoms with E-state index in [1.165, 1.54) is 47.6 Å². The molecular weight excluding hydrogens is 357 g/mol. The first-order valence-corrected chi connectivity index (χ1v) is 8.87. The predicted molar refractivity (Wildman–Crippen MR) is 107 cm³/mol. The topological polar surface area (TPSA) is 82.7 Å². The Morgan fingerprint density at radius 2 is 1.79 bits per heavy atom. The summed E-state index contributed by atoms with van der Waals surface area (Å²) in [7, 11) is 0. The lowest BCUT2D eigenvalue weighted by Gasteiger charge is -2.07. The molecule has 6 nitrogen and oxygen atoms in total. The van der Waals surface area contributed by atoms with Crippen LogP contribution in [-0.2, 0) is 6.42 Å². The SMILES string of the molecule is O=C(Nc1ccc(F)cc1)c1cnc(NCCc2c[nH]c3ccccc23)nc1. The number of fused-ring (bicyclic) bond motifs is 1. The Balaban J connectivity index is 1.33. The number of rotatable bonds is 6. The van der Waals surface area contributed by atoms with Gasteiger partial charge in [0.05, 0.1) is 5.56 Å². The maximum absolute atomic E-state index is 12.9. The van der Waals surface area contributed by atoms with Crippen LogP contribution in [0.2, 0.25) is 0 Å². The Bertz CT molecular complexity index is 1090. The van der Waals surface area contributed by atoms with Gasteiger partial charge in [-0.2, -0.15) is 0 Å². The van der Waals surface area contributed by atoms with Gasteiger partial charge in [0, 0.05) is 41.7 Å². The Morgan fingerprint density at radius 3 is 2.57 bits per heavy atom. The second kappa shape index (κ2) is 7.87. The molecule has 0 aliphatic carbocycles. The number of aromatic amines is 1. The van der Waals surface area contributed by atoms with Gasteiger partial charge < -0.3 is 15.6 Å². The van der Waals surface area contributed by atoms with Gasteiger partial charge in [-0.25, -0.2) is 14.4 Å². The number of amides is 1. The first kappa shape index (κ1) is 17.7. The van der Waals surface area contributed by atoms with E-state index in [1.54, 1.807) is 0 Å². The summed E-state index contributed by atoms with van der Waals surface area (Å²) < 4.78 is 12.9. The minimum atomic E-state index is -0.357. The summed E-state index contributed by atoms with van der Waals surface area (Å²) in [6.07, 6.45) is 5.75. The number of nitrogens with one attached hydrogen (secondary N) is 3. The zero-order valence-corrected chi connectivity index (χ0v) is 14.9. The molecule has 0 saturated heterocycles. The van der Waals surface area contributed by atoms with Gasteiger partial charge in [0.1, 0.15) is 5.82 Å². The van der Waals surface area contributed by atoms with Crippen LogP contribution >= 0.6 is 0 Å². The summed E-state index contributed by atoms with van der Waals surface area (Å²) in [5.41, 5.74) is 3.17. The highest BCUT2D eigenvalue weighted by Gasteiger charge is 2.08. The number of halogens is 1. The molecule has 2 aromatic heterocycles. The summed E-state index contributed by atoms with van der Waals surface area (Å²) in [5, 5.41) is 7.04. The molecule has 140 valence electrons. The van der Waals surface area contributed by atoms with E-state index in [-0.39, 0.29) is 11.7 Å². The summed E-state index contributed by atoms with van der Waals surface area (Å²) in [4.78, 5) is 23.8. The molecule has 7 heteroatoms. The zero-order valence-electron chi connectivity index (χ0n) is 14.9. The van der Waals surface area contributed by atoms with Crippen molar-refractivity contribution >= 4 is 28.4 Å². The fourth-order valence-corrected chi connectivity index (χ4v) is 2.92. The lowest BCUT2D eigenvalue weighted by atomic mass is 10.1. The molecule has 0 bridgehead atoms. The highest BCUT2D eigenvalue weighted by molar-refractivity contribution is 6.03. The third kappa shape index (κ3) is 3.98. The molecule has 0 fully saturated rings. The number of anilines is 2. The molecule has 2 heterocycles. The van der Waals surface area contributed by atoms with Crippen molar-refractivity contribution in [1.29, 1.82) is 0 Å². The Hall–Kier alpha value is -3.74. The molecule has 2 aromatic carbocycles. The largest absolute Gasteiger partial charge is 0.361 e. The number of aromatic nitrogens is 3. The third-order valence-electron chi connectivity index (χ3n) is 4.37. The number of hydrogen-bond donors (Lipinski definition) is 3. The highest BCUT2D eigenvalue weighted by atomic mass is 19.1. The zero-order chi connectivity index (χ0) is 19.3. The molecule has 28 heavy (non-hydrogen) atoms. The Kier molecular flexibility index (Phi) is 4.97. The summed E-state index contributed by atoms with van der Waals surface area (Å²) in [6.45, 7) is 0.670. The normalized spacial score (nSPS) is 10.8. The lowest BCUT2D eigenvalue weighted by Crippen LogP contribution is -2.14. The Morgan fingerprint density at radius 1 is 1.04 bits per heavy atom. The quantitative estimate of drug-likeness (QED) is 0.476. The minimum Gasteiger partial charge on any atom is -0.361 e. The first-order chi connectivity index (χ1) is 13.7. The maximum atomic E-state index is 12.9. The van der Waals surface area contributed by atoms with Crippen LogP contribution in [0.3, 0.4) is 0 Å². The molecule has 0 unspecified atom stereocenters. The highest BCUT2D eigenvalue weighted by Crippen LogP contribution is 2.18. The molecule has 0 aliphatic heterocycles. The van der Waals surface area contributed by atoms with Gasteiger partial charge in [0.15, 0.2) is 0 Å². The van der Waals surface area contributed by atoms with Crippen molar-refractivity contribution in [3.8, 4) is 0 Å².